The highest BCUT2D eigenvalue weighted by molar-refractivity contribution is 6.14. The summed E-state index contributed by atoms with van der Waals surface area (Å²) in [5.74, 6) is 0.429. The maximum Gasteiger partial charge on any atom is 0.201 e. The minimum absolute atomic E-state index is 0.155. The first kappa shape index (κ1) is 20.5. The Labute approximate surface area is 191 Å². The number of para-hydroxylation sites is 1. The lowest BCUT2D eigenvalue weighted by atomic mass is 9.95. The molecule has 0 N–H and O–H groups in total. The van der Waals surface area contributed by atoms with Gasteiger partial charge in [-0.25, -0.2) is 0 Å². The van der Waals surface area contributed by atoms with Gasteiger partial charge in [0.15, 0.2) is 5.78 Å². The van der Waals surface area contributed by atoms with Crippen molar-refractivity contribution in [2.45, 2.75) is 0 Å². The van der Waals surface area contributed by atoms with E-state index in [-0.39, 0.29) is 16.8 Å². The van der Waals surface area contributed by atoms with Gasteiger partial charge in [-0.3, -0.25) is 9.59 Å². The standard InChI is InChI=1S/C29H21NO3/c1-33-23-18-16-22(17-19-23)30-25-15-9-8-14-24(25)29(32)26(27(30)20-10-4-2-5-11-20)28(31)21-12-6-3-7-13-21/h2-19H,1H3. The molecule has 1 aromatic heterocycles. The molecule has 160 valence electrons. The molecule has 0 radical (unpaired) electrons. The lowest BCUT2D eigenvalue weighted by Gasteiger charge is -2.21. The van der Waals surface area contributed by atoms with E-state index in [9.17, 15) is 9.59 Å². The number of pyridine rings is 1. The molecule has 4 heteroatoms. The number of ether oxygens (including phenoxy) is 1. The van der Waals surface area contributed by atoms with Crippen molar-refractivity contribution in [1.82, 2.24) is 4.57 Å². The average molecular weight is 431 g/mol. The van der Waals surface area contributed by atoms with Gasteiger partial charge in [0.05, 0.1) is 23.9 Å². The fourth-order valence-electron chi connectivity index (χ4n) is 4.15. The van der Waals surface area contributed by atoms with Crippen molar-refractivity contribution in [3.63, 3.8) is 0 Å². The SMILES string of the molecule is COc1ccc(-n2c(-c3ccccc3)c(C(=O)c3ccccc3)c(=O)c3ccccc32)cc1. The van der Waals surface area contributed by atoms with Crippen LogP contribution in [0.4, 0.5) is 0 Å². The number of nitrogens with zero attached hydrogens (tertiary/aromatic N) is 1. The van der Waals surface area contributed by atoms with Crippen LogP contribution in [0.25, 0.3) is 27.8 Å². The molecule has 0 aliphatic heterocycles. The smallest absolute Gasteiger partial charge is 0.201 e. The second-order valence-electron chi connectivity index (χ2n) is 7.66. The first-order valence-corrected chi connectivity index (χ1v) is 10.7. The van der Waals surface area contributed by atoms with E-state index in [0.29, 0.717) is 16.6 Å². The molecular weight excluding hydrogens is 410 g/mol. The zero-order chi connectivity index (χ0) is 22.8. The monoisotopic (exact) mass is 431 g/mol. The Morgan fingerprint density at radius 1 is 0.727 bits per heavy atom. The molecule has 0 amide bonds. The second-order valence-corrected chi connectivity index (χ2v) is 7.66. The van der Waals surface area contributed by atoms with Gasteiger partial charge in [0.2, 0.25) is 5.43 Å². The summed E-state index contributed by atoms with van der Waals surface area (Å²) in [6.07, 6.45) is 0. The van der Waals surface area contributed by atoms with Gasteiger partial charge in [-0.1, -0.05) is 72.8 Å². The summed E-state index contributed by atoms with van der Waals surface area (Å²) in [7, 11) is 1.62. The number of hydrogen-bond acceptors (Lipinski definition) is 3. The Kier molecular flexibility index (Phi) is 5.33. The van der Waals surface area contributed by atoms with Crippen LogP contribution >= 0.6 is 0 Å². The number of benzene rings is 4. The van der Waals surface area contributed by atoms with Crippen molar-refractivity contribution in [3.8, 4) is 22.7 Å². The van der Waals surface area contributed by atoms with Gasteiger partial charge in [0.1, 0.15) is 5.75 Å². The Morgan fingerprint density at radius 2 is 1.33 bits per heavy atom. The summed E-state index contributed by atoms with van der Waals surface area (Å²) in [6.45, 7) is 0. The van der Waals surface area contributed by atoms with E-state index in [4.69, 9.17) is 4.74 Å². The number of carbonyl (C=O) groups is 1. The highest BCUT2D eigenvalue weighted by atomic mass is 16.5. The summed E-state index contributed by atoms with van der Waals surface area (Å²) in [5.41, 5.74) is 3.27. The van der Waals surface area contributed by atoms with E-state index < -0.39 is 0 Å². The number of aromatic nitrogens is 1. The van der Waals surface area contributed by atoms with Crippen molar-refractivity contribution in [1.29, 1.82) is 0 Å². The van der Waals surface area contributed by atoms with Crippen LogP contribution in [0.2, 0.25) is 0 Å². The van der Waals surface area contributed by atoms with Crippen molar-refractivity contribution in [2.75, 3.05) is 7.11 Å². The topological polar surface area (TPSA) is 48.3 Å². The van der Waals surface area contributed by atoms with Crippen molar-refractivity contribution in [2.24, 2.45) is 0 Å². The third-order valence-corrected chi connectivity index (χ3v) is 5.72. The third-order valence-electron chi connectivity index (χ3n) is 5.72. The van der Waals surface area contributed by atoms with Gasteiger partial charge in [-0.05, 0) is 42.0 Å². The number of fused-ring (bicyclic) bond motifs is 1. The minimum atomic E-state index is -0.299. The zero-order valence-corrected chi connectivity index (χ0v) is 18.1. The highest BCUT2D eigenvalue weighted by Crippen LogP contribution is 2.31. The number of methoxy groups -OCH3 is 1. The van der Waals surface area contributed by atoms with Gasteiger partial charge >= 0.3 is 0 Å². The van der Waals surface area contributed by atoms with Crippen LogP contribution in [0.3, 0.4) is 0 Å². The first-order chi connectivity index (χ1) is 16.2. The van der Waals surface area contributed by atoms with E-state index in [1.165, 1.54) is 0 Å². The van der Waals surface area contributed by atoms with Crippen molar-refractivity contribution in [3.05, 3.63) is 131 Å². The first-order valence-electron chi connectivity index (χ1n) is 10.7. The Bertz CT molecular complexity index is 1500. The van der Waals surface area contributed by atoms with Gasteiger partial charge in [0.25, 0.3) is 0 Å². The van der Waals surface area contributed by atoms with E-state index in [1.807, 2.05) is 83.4 Å². The molecule has 33 heavy (non-hydrogen) atoms. The van der Waals surface area contributed by atoms with Crippen LogP contribution in [0.5, 0.6) is 5.75 Å². The summed E-state index contributed by atoms with van der Waals surface area (Å²) in [6, 6.07) is 33.5. The van der Waals surface area contributed by atoms with E-state index in [0.717, 1.165) is 22.5 Å². The summed E-state index contributed by atoms with van der Waals surface area (Å²) in [5, 5.41) is 0.493. The minimum Gasteiger partial charge on any atom is -0.497 e. The van der Waals surface area contributed by atoms with E-state index in [2.05, 4.69) is 0 Å². The number of ketones is 1. The molecule has 0 aliphatic rings. The Morgan fingerprint density at radius 3 is 2.00 bits per heavy atom. The van der Waals surface area contributed by atoms with Gasteiger partial charge in [-0.15, -0.1) is 0 Å². The molecule has 0 spiro atoms. The molecule has 0 saturated carbocycles. The predicted octanol–water partition coefficient (Wildman–Crippen LogP) is 5.90. The average Bonchev–Trinajstić information content (AvgIpc) is 2.89. The molecule has 1 heterocycles. The molecular formula is C29H21NO3. The molecule has 5 rings (SSSR count). The Hall–Kier alpha value is -4.44. The number of hydrogen-bond donors (Lipinski definition) is 0. The number of carbonyl (C=O) groups excluding carboxylic acids is 1. The second kappa shape index (κ2) is 8.60. The van der Waals surface area contributed by atoms with Gasteiger partial charge < -0.3 is 9.30 Å². The van der Waals surface area contributed by atoms with Gasteiger partial charge in [-0.2, -0.15) is 0 Å². The van der Waals surface area contributed by atoms with Crippen LogP contribution < -0.4 is 10.2 Å². The van der Waals surface area contributed by atoms with E-state index >= 15 is 0 Å². The summed E-state index contributed by atoms with van der Waals surface area (Å²) < 4.78 is 7.32. The fourth-order valence-corrected chi connectivity index (χ4v) is 4.15. The van der Waals surface area contributed by atoms with Crippen LogP contribution in [0.15, 0.2) is 114 Å². The molecule has 4 nitrogen and oxygen atoms in total. The van der Waals surface area contributed by atoms with Crippen molar-refractivity contribution >= 4 is 16.7 Å². The van der Waals surface area contributed by atoms with Crippen molar-refractivity contribution < 1.29 is 9.53 Å². The normalized spacial score (nSPS) is 10.8. The molecule has 0 atom stereocenters. The van der Waals surface area contributed by atoms with Crippen LogP contribution in [-0.4, -0.2) is 17.5 Å². The summed E-state index contributed by atoms with van der Waals surface area (Å²) >= 11 is 0. The lowest BCUT2D eigenvalue weighted by molar-refractivity contribution is 0.103. The molecule has 0 bridgehead atoms. The van der Waals surface area contributed by atoms with Crippen LogP contribution in [0, 0.1) is 0 Å². The molecule has 0 saturated heterocycles. The molecule has 4 aromatic carbocycles. The van der Waals surface area contributed by atoms with Gasteiger partial charge in [0, 0.05) is 16.6 Å². The lowest BCUT2D eigenvalue weighted by Crippen LogP contribution is -2.22. The highest BCUT2D eigenvalue weighted by Gasteiger charge is 2.25. The Balaban J connectivity index is 1.94. The molecule has 0 unspecified atom stereocenters. The van der Waals surface area contributed by atoms with E-state index in [1.54, 1.807) is 37.4 Å². The molecule has 0 aliphatic carbocycles. The molecule has 0 fully saturated rings. The number of rotatable bonds is 5. The predicted molar refractivity (Wildman–Crippen MR) is 131 cm³/mol. The summed E-state index contributed by atoms with van der Waals surface area (Å²) in [4.78, 5) is 27.5. The zero-order valence-electron chi connectivity index (χ0n) is 18.1. The largest absolute Gasteiger partial charge is 0.497 e. The quantitative estimate of drug-likeness (QED) is 0.326. The maximum atomic E-state index is 13.8. The van der Waals surface area contributed by atoms with Crippen LogP contribution in [-0.2, 0) is 0 Å². The maximum absolute atomic E-state index is 13.8. The third kappa shape index (κ3) is 3.62. The molecule has 5 aromatic rings. The van der Waals surface area contributed by atoms with Crippen LogP contribution in [0.1, 0.15) is 15.9 Å². The fraction of sp³-hybridized carbons (Fsp3) is 0.0345.